The van der Waals surface area contributed by atoms with Crippen molar-refractivity contribution in [2.75, 3.05) is 0 Å². The maximum atomic E-state index is 11.4. The van der Waals surface area contributed by atoms with Gasteiger partial charge in [0.1, 0.15) is 3.92 Å². The highest BCUT2D eigenvalue weighted by atomic mass is 127. The Morgan fingerprint density at radius 2 is 2.00 bits per heavy atom. The fraction of sp³-hybridized carbons (Fsp3) is 0.429. The van der Waals surface area contributed by atoms with Gasteiger partial charge >= 0.3 is 0 Å². The molecule has 0 saturated carbocycles. The molecule has 0 aliphatic carbocycles. The van der Waals surface area contributed by atoms with Crippen molar-refractivity contribution in [2.24, 2.45) is 4.99 Å². The number of ketones is 1. The highest BCUT2D eigenvalue weighted by Crippen LogP contribution is 2.25. The topological polar surface area (TPSA) is 29.4 Å². The predicted molar refractivity (Wildman–Crippen MR) is 62.6 cm³/mol. The van der Waals surface area contributed by atoms with Gasteiger partial charge in [-0.05, 0) is 36.4 Å². The van der Waals surface area contributed by atoms with E-state index in [-0.39, 0.29) is 9.71 Å². The van der Waals surface area contributed by atoms with Gasteiger partial charge in [0.2, 0.25) is 0 Å². The molecule has 0 N–H and O–H groups in total. The van der Waals surface area contributed by atoms with Crippen molar-refractivity contribution in [2.45, 2.75) is 17.8 Å². The molecule has 0 amide bonds. The van der Waals surface area contributed by atoms with Crippen LogP contribution < -0.4 is 0 Å². The van der Waals surface area contributed by atoms with Crippen LogP contribution in [0.3, 0.4) is 0 Å². The fourth-order valence-electron chi connectivity index (χ4n) is 0.850. The van der Waals surface area contributed by atoms with E-state index in [0.717, 1.165) is 15.0 Å². The second kappa shape index (κ2) is 3.51. The van der Waals surface area contributed by atoms with Gasteiger partial charge in [-0.2, -0.15) is 0 Å². The van der Waals surface area contributed by atoms with Gasteiger partial charge in [0.05, 0.1) is 9.28 Å². The first-order valence-electron chi connectivity index (χ1n) is 3.14. The highest BCUT2D eigenvalue weighted by molar-refractivity contribution is 14.1. The van der Waals surface area contributed by atoms with Gasteiger partial charge < -0.3 is 0 Å². The lowest BCUT2D eigenvalue weighted by atomic mass is 10.1. The molecule has 0 spiro atoms. The van der Waals surface area contributed by atoms with Crippen LogP contribution in [-0.2, 0) is 4.79 Å². The van der Waals surface area contributed by atoms with E-state index in [2.05, 4.69) is 50.2 Å². The number of Topliss-reactive ketones (excluding diaryl/α,β-unsaturated/α-hetero) is 1. The molecule has 1 rings (SSSR count). The second-order valence-electron chi connectivity index (χ2n) is 2.38. The van der Waals surface area contributed by atoms with Crippen LogP contribution in [0.15, 0.2) is 14.3 Å². The normalized spacial score (nSPS) is 25.6. The standard InChI is InChI=1S/C7H7I2NO/c1-3-5(8)7(11)6(9)4(2)10-3/h5H,1-2H3. The summed E-state index contributed by atoms with van der Waals surface area (Å²) in [6, 6.07) is 0. The van der Waals surface area contributed by atoms with E-state index in [9.17, 15) is 4.79 Å². The molecule has 1 aliphatic rings. The first kappa shape index (κ1) is 9.63. The average molecular weight is 375 g/mol. The summed E-state index contributed by atoms with van der Waals surface area (Å²) in [5.74, 6) is 0.191. The molecular formula is C7H7I2NO. The third-order valence-electron chi connectivity index (χ3n) is 1.48. The first-order chi connectivity index (χ1) is 5.04. The molecule has 1 heterocycles. The van der Waals surface area contributed by atoms with E-state index in [1.807, 2.05) is 13.8 Å². The third-order valence-corrected chi connectivity index (χ3v) is 4.25. The molecule has 0 aromatic heterocycles. The molecule has 0 saturated heterocycles. The molecule has 11 heavy (non-hydrogen) atoms. The van der Waals surface area contributed by atoms with Crippen molar-refractivity contribution in [3.63, 3.8) is 0 Å². The van der Waals surface area contributed by atoms with Crippen molar-refractivity contribution in [1.82, 2.24) is 0 Å². The lowest BCUT2D eigenvalue weighted by Gasteiger charge is -2.14. The zero-order chi connectivity index (χ0) is 8.59. The Hall–Kier alpha value is 0.540. The number of carbonyl (C=O) groups is 1. The second-order valence-corrected chi connectivity index (χ2v) is 4.70. The largest absolute Gasteiger partial charge is 0.292 e. The van der Waals surface area contributed by atoms with Crippen molar-refractivity contribution in [1.29, 1.82) is 0 Å². The van der Waals surface area contributed by atoms with E-state index in [1.54, 1.807) is 0 Å². The maximum absolute atomic E-state index is 11.4. The molecule has 0 bridgehead atoms. The minimum atomic E-state index is -0.0526. The number of allylic oxidation sites excluding steroid dienone is 2. The highest BCUT2D eigenvalue weighted by Gasteiger charge is 2.25. The van der Waals surface area contributed by atoms with Crippen LogP contribution in [0.1, 0.15) is 13.8 Å². The van der Waals surface area contributed by atoms with E-state index in [0.29, 0.717) is 0 Å². The van der Waals surface area contributed by atoms with Gasteiger partial charge in [0, 0.05) is 5.71 Å². The van der Waals surface area contributed by atoms with Crippen LogP contribution in [0.5, 0.6) is 0 Å². The van der Waals surface area contributed by atoms with Crippen LogP contribution in [0, 0.1) is 0 Å². The molecular weight excluding hydrogens is 368 g/mol. The van der Waals surface area contributed by atoms with Crippen molar-refractivity contribution in [3.05, 3.63) is 9.28 Å². The number of halogens is 2. The predicted octanol–water partition coefficient (Wildman–Crippen LogP) is 2.50. The Balaban J connectivity index is 3.11. The van der Waals surface area contributed by atoms with Crippen LogP contribution in [0.4, 0.5) is 0 Å². The summed E-state index contributed by atoms with van der Waals surface area (Å²) < 4.78 is 0.718. The molecule has 1 unspecified atom stereocenters. The number of hydrogen-bond donors (Lipinski definition) is 0. The lowest BCUT2D eigenvalue weighted by Crippen LogP contribution is -2.25. The molecule has 1 atom stereocenters. The van der Waals surface area contributed by atoms with Crippen molar-refractivity contribution in [3.8, 4) is 0 Å². The van der Waals surface area contributed by atoms with E-state index in [4.69, 9.17) is 0 Å². The number of aliphatic imine (C=N–C) groups is 1. The molecule has 0 aromatic carbocycles. The summed E-state index contributed by atoms with van der Waals surface area (Å²) in [5, 5.41) is 0. The smallest absolute Gasteiger partial charge is 0.189 e. The molecule has 0 aromatic rings. The van der Waals surface area contributed by atoms with Gasteiger partial charge in [-0.3, -0.25) is 9.79 Å². The number of nitrogens with zero attached hydrogens (tertiary/aromatic N) is 1. The number of carbonyl (C=O) groups excluding carboxylic acids is 1. The molecule has 60 valence electrons. The summed E-state index contributed by atoms with van der Waals surface area (Å²) in [6.07, 6.45) is 0. The summed E-state index contributed by atoms with van der Waals surface area (Å²) in [7, 11) is 0. The van der Waals surface area contributed by atoms with Crippen molar-refractivity contribution >= 4 is 56.7 Å². The monoisotopic (exact) mass is 375 g/mol. The Bertz CT molecular complexity index is 266. The van der Waals surface area contributed by atoms with E-state index < -0.39 is 0 Å². The zero-order valence-electron chi connectivity index (χ0n) is 6.19. The zero-order valence-corrected chi connectivity index (χ0v) is 10.5. The van der Waals surface area contributed by atoms with Gasteiger partial charge in [-0.25, -0.2) is 0 Å². The first-order valence-corrected chi connectivity index (χ1v) is 5.46. The van der Waals surface area contributed by atoms with Crippen LogP contribution in [-0.4, -0.2) is 15.4 Å². The van der Waals surface area contributed by atoms with Gasteiger partial charge in [-0.15, -0.1) is 0 Å². The Morgan fingerprint density at radius 1 is 1.45 bits per heavy atom. The molecule has 2 nitrogen and oxygen atoms in total. The molecule has 0 fully saturated rings. The molecule has 4 heteroatoms. The van der Waals surface area contributed by atoms with Gasteiger partial charge in [0.25, 0.3) is 0 Å². The lowest BCUT2D eigenvalue weighted by molar-refractivity contribution is -0.113. The third kappa shape index (κ3) is 1.82. The summed E-state index contributed by atoms with van der Waals surface area (Å²) >= 11 is 4.17. The number of alkyl halides is 1. The van der Waals surface area contributed by atoms with Crippen molar-refractivity contribution < 1.29 is 4.79 Å². The Labute approximate surface area is 92.8 Å². The summed E-state index contributed by atoms with van der Waals surface area (Å²) in [4.78, 5) is 15.6. The van der Waals surface area contributed by atoms with E-state index in [1.165, 1.54) is 0 Å². The summed E-state index contributed by atoms with van der Waals surface area (Å²) in [5.41, 5.74) is 1.76. The van der Waals surface area contributed by atoms with E-state index >= 15 is 0 Å². The van der Waals surface area contributed by atoms with Gasteiger partial charge in [-0.1, -0.05) is 22.6 Å². The van der Waals surface area contributed by atoms with Gasteiger partial charge in [0.15, 0.2) is 5.78 Å². The maximum Gasteiger partial charge on any atom is 0.189 e. The molecule has 1 aliphatic heterocycles. The van der Waals surface area contributed by atoms with Crippen LogP contribution in [0.2, 0.25) is 0 Å². The summed E-state index contributed by atoms with van der Waals surface area (Å²) in [6.45, 7) is 3.76. The molecule has 0 radical (unpaired) electrons. The average Bonchev–Trinajstić information content (AvgIpc) is 1.97. The number of rotatable bonds is 0. The quantitative estimate of drug-likeness (QED) is 0.473. The Morgan fingerprint density at radius 3 is 2.55 bits per heavy atom. The minimum Gasteiger partial charge on any atom is -0.292 e. The SMILES string of the molecule is CC1=NC(C)=C(I)C(=O)C1I. The van der Waals surface area contributed by atoms with Crippen LogP contribution in [0.25, 0.3) is 0 Å². The Kier molecular flexibility index (Phi) is 3.07. The number of hydrogen-bond acceptors (Lipinski definition) is 2. The fourth-order valence-corrected chi connectivity index (χ4v) is 2.33. The minimum absolute atomic E-state index is 0.0526. The van der Waals surface area contributed by atoms with Crippen LogP contribution >= 0.6 is 45.2 Å².